The number of para-hydroxylation sites is 1. The van der Waals surface area contributed by atoms with Gasteiger partial charge in [0.25, 0.3) is 5.91 Å². The van der Waals surface area contributed by atoms with Gasteiger partial charge in [0.1, 0.15) is 0 Å². The van der Waals surface area contributed by atoms with Crippen molar-refractivity contribution in [2.24, 2.45) is 5.10 Å². The van der Waals surface area contributed by atoms with Crippen LogP contribution in [-0.2, 0) is 10.5 Å². The molecule has 0 aliphatic carbocycles. The van der Waals surface area contributed by atoms with E-state index in [1.165, 1.54) is 23.1 Å². The molecule has 0 spiro atoms. The second-order valence-corrected chi connectivity index (χ2v) is 11.0. The predicted molar refractivity (Wildman–Crippen MR) is 140 cm³/mol. The predicted octanol–water partition coefficient (Wildman–Crippen LogP) is 5.53. The van der Waals surface area contributed by atoms with Crippen molar-refractivity contribution in [1.82, 2.24) is 25.4 Å². The largest absolute Gasteiger partial charge is 0.272 e. The molecule has 0 fully saturated rings. The molecular formula is C23H21ClN6OS3. The van der Waals surface area contributed by atoms with Crippen molar-refractivity contribution >= 4 is 58.6 Å². The molecule has 2 heterocycles. The number of hydrazone groups is 1. The minimum atomic E-state index is -0.211. The molecule has 4 aromatic rings. The van der Waals surface area contributed by atoms with Crippen LogP contribution in [0.1, 0.15) is 22.5 Å². The number of halogens is 1. The molecule has 2 aromatic carbocycles. The van der Waals surface area contributed by atoms with Crippen LogP contribution < -0.4 is 5.43 Å². The maximum atomic E-state index is 12.2. The van der Waals surface area contributed by atoms with Crippen molar-refractivity contribution < 1.29 is 4.79 Å². The zero-order valence-corrected chi connectivity index (χ0v) is 21.6. The third-order valence-electron chi connectivity index (χ3n) is 4.72. The Balaban J connectivity index is 1.26. The Morgan fingerprint density at radius 1 is 1.09 bits per heavy atom. The molecule has 34 heavy (non-hydrogen) atoms. The first kappa shape index (κ1) is 24.5. The average Bonchev–Trinajstić information content (AvgIpc) is 3.42. The highest BCUT2D eigenvalue weighted by atomic mass is 35.5. The maximum Gasteiger partial charge on any atom is 0.250 e. The highest BCUT2D eigenvalue weighted by Gasteiger charge is 2.12. The Hall–Kier alpha value is -2.66. The van der Waals surface area contributed by atoms with Crippen molar-refractivity contribution in [3.63, 3.8) is 0 Å². The highest BCUT2D eigenvalue weighted by molar-refractivity contribution is 8.03. The standard InChI is InChI=1S/C23H21ClN6OS3/c1-15-20(16(2)30(29-15)19-6-4-3-5-7-19)12-25-26-21(31)14-33-23-28-27-22(34-23)32-13-17-8-10-18(24)11-9-17/h3-12H,13-14H2,1-2H3,(H,26,31)/b25-12+. The number of amides is 1. The molecule has 0 radical (unpaired) electrons. The van der Waals surface area contributed by atoms with Crippen LogP contribution in [0.5, 0.6) is 0 Å². The Kier molecular flexibility index (Phi) is 8.39. The van der Waals surface area contributed by atoms with Gasteiger partial charge >= 0.3 is 0 Å². The van der Waals surface area contributed by atoms with E-state index in [0.29, 0.717) is 0 Å². The summed E-state index contributed by atoms with van der Waals surface area (Å²) in [5, 5.41) is 17.8. The molecule has 0 aliphatic heterocycles. The van der Waals surface area contributed by atoms with E-state index in [-0.39, 0.29) is 11.7 Å². The Bertz CT molecular complexity index is 1290. The molecule has 2 aromatic heterocycles. The zero-order valence-electron chi connectivity index (χ0n) is 18.4. The molecule has 1 amide bonds. The van der Waals surface area contributed by atoms with Crippen LogP contribution in [0.2, 0.25) is 5.02 Å². The van der Waals surface area contributed by atoms with E-state index < -0.39 is 0 Å². The molecule has 174 valence electrons. The summed E-state index contributed by atoms with van der Waals surface area (Å²) in [6, 6.07) is 17.6. The van der Waals surface area contributed by atoms with Crippen molar-refractivity contribution in [2.75, 3.05) is 5.75 Å². The minimum absolute atomic E-state index is 0.203. The van der Waals surface area contributed by atoms with E-state index in [1.807, 2.05) is 73.1 Å². The van der Waals surface area contributed by atoms with Crippen LogP contribution in [0, 0.1) is 13.8 Å². The number of hydrogen-bond acceptors (Lipinski definition) is 8. The molecule has 0 atom stereocenters. The third-order valence-corrected chi connectivity index (χ3v) is 8.23. The summed E-state index contributed by atoms with van der Waals surface area (Å²) in [6.07, 6.45) is 1.64. The van der Waals surface area contributed by atoms with Gasteiger partial charge in [-0.15, -0.1) is 10.2 Å². The number of aromatic nitrogens is 4. The number of rotatable bonds is 9. The summed E-state index contributed by atoms with van der Waals surface area (Å²) in [5.41, 5.74) is 7.39. The van der Waals surface area contributed by atoms with Gasteiger partial charge in [0.15, 0.2) is 8.68 Å². The molecule has 0 saturated carbocycles. The lowest BCUT2D eigenvalue weighted by Gasteiger charge is -2.03. The zero-order chi connectivity index (χ0) is 23.9. The fourth-order valence-electron chi connectivity index (χ4n) is 3.03. The van der Waals surface area contributed by atoms with E-state index in [0.717, 1.165) is 47.7 Å². The first-order valence-corrected chi connectivity index (χ1v) is 13.4. The second kappa shape index (κ2) is 11.7. The fraction of sp³-hybridized carbons (Fsp3) is 0.174. The van der Waals surface area contributed by atoms with E-state index >= 15 is 0 Å². The lowest BCUT2D eigenvalue weighted by Crippen LogP contribution is -2.19. The molecule has 0 bridgehead atoms. The monoisotopic (exact) mass is 528 g/mol. The normalized spacial score (nSPS) is 11.3. The van der Waals surface area contributed by atoms with Crippen LogP contribution in [0.4, 0.5) is 0 Å². The van der Waals surface area contributed by atoms with Gasteiger partial charge in [-0.3, -0.25) is 4.79 Å². The number of thioether (sulfide) groups is 2. The average molecular weight is 529 g/mol. The number of carbonyl (C=O) groups excluding carboxylic acids is 1. The van der Waals surface area contributed by atoms with Gasteiger partial charge in [0.2, 0.25) is 0 Å². The van der Waals surface area contributed by atoms with Crippen LogP contribution in [0.25, 0.3) is 5.69 Å². The lowest BCUT2D eigenvalue weighted by atomic mass is 10.2. The second-order valence-electron chi connectivity index (χ2n) is 7.16. The van der Waals surface area contributed by atoms with E-state index in [9.17, 15) is 4.79 Å². The molecular weight excluding hydrogens is 508 g/mol. The van der Waals surface area contributed by atoms with E-state index in [1.54, 1.807) is 18.0 Å². The van der Waals surface area contributed by atoms with Crippen molar-refractivity contribution in [3.8, 4) is 5.69 Å². The first-order valence-electron chi connectivity index (χ1n) is 10.3. The van der Waals surface area contributed by atoms with Gasteiger partial charge < -0.3 is 0 Å². The quantitative estimate of drug-likeness (QED) is 0.175. The number of benzene rings is 2. The number of nitrogens with one attached hydrogen (secondary N) is 1. The Morgan fingerprint density at radius 3 is 2.53 bits per heavy atom. The molecule has 11 heteroatoms. The topological polar surface area (TPSA) is 85.1 Å². The van der Waals surface area contributed by atoms with Gasteiger partial charge in [-0.2, -0.15) is 10.2 Å². The van der Waals surface area contributed by atoms with Gasteiger partial charge in [0.05, 0.1) is 29.0 Å². The molecule has 1 N–H and O–H groups in total. The number of nitrogens with zero attached hydrogens (tertiary/aromatic N) is 5. The highest BCUT2D eigenvalue weighted by Crippen LogP contribution is 2.30. The van der Waals surface area contributed by atoms with Crippen molar-refractivity contribution in [2.45, 2.75) is 28.3 Å². The molecule has 4 rings (SSSR count). The summed E-state index contributed by atoms with van der Waals surface area (Å²) in [6.45, 7) is 3.90. The third kappa shape index (κ3) is 6.47. The van der Waals surface area contributed by atoms with Crippen LogP contribution in [0.15, 0.2) is 68.4 Å². The van der Waals surface area contributed by atoms with Gasteiger partial charge in [0, 0.05) is 16.3 Å². The summed E-state index contributed by atoms with van der Waals surface area (Å²) in [5.74, 6) is 0.776. The van der Waals surface area contributed by atoms with Crippen LogP contribution in [-0.4, -0.2) is 37.9 Å². The molecule has 0 unspecified atom stereocenters. The summed E-state index contributed by atoms with van der Waals surface area (Å²) >= 11 is 10.3. The summed E-state index contributed by atoms with van der Waals surface area (Å²) < 4.78 is 3.47. The van der Waals surface area contributed by atoms with E-state index in [2.05, 4.69) is 25.8 Å². The SMILES string of the molecule is Cc1nn(-c2ccccc2)c(C)c1/C=N/NC(=O)CSc1nnc(SCc2ccc(Cl)cc2)s1. The number of aryl methyl sites for hydroxylation is 1. The van der Waals surface area contributed by atoms with Crippen molar-refractivity contribution in [3.05, 3.63) is 82.1 Å². The van der Waals surface area contributed by atoms with Crippen LogP contribution in [0.3, 0.4) is 0 Å². The first-order chi connectivity index (χ1) is 16.5. The van der Waals surface area contributed by atoms with Crippen molar-refractivity contribution in [1.29, 1.82) is 0 Å². The minimum Gasteiger partial charge on any atom is -0.272 e. The molecule has 7 nitrogen and oxygen atoms in total. The number of hydrogen-bond donors (Lipinski definition) is 1. The van der Waals surface area contributed by atoms with Gasteiger partial charge in [-0.25, -0.2) is 10.1 Å². The Labute approximate surface area is 215 Å². The molecule has 0 saturated heterocycles. The smallest absolute Gasteiger partial charge is 0.250 e. The maximum absolute atomic E-state index is 12.2. The van der Waals surface area contributed by atoms with E-state index in [4.69, 9.17) is 11.6 Å². The number of carbonyl (C=O) groups is 1. The molecule has 0 aliphatic rings. The summed E-state index contributed by atoms with van der Waals surface area (Å²) in [7, 11) is 0. The van der Waals surface area contributed by atoms with Gasteiger partial charge in [-0.1, -0.05) is 76.8 Å². The van der Waals surface area contributed by atoms with Crippen LogP contribution >= 0.6 is 46.5 Å². The Morgan fingerprint density at radius 2 is 1.79 bits per heavy atom. The van der Waals surface area contributed by atoms with Gasteiger partial charge in [-0.05, 0) is 43.7 Å². The summed E-state index contributed by atoms with van der Waals surface area (Å²) in [4.78, 5) is 12.2. The fourth-order valence-corrected chi connectivity index (χ4v) is 5.92. The lowest BCUT2D eigenvalue weighted by molar-refractivity contribution is -0.118.